The van der Waals surface area contributed by atoms with Crippen LogP contribution in [-0.4, -0.2) is 49.3 Å². The highest BCUT2D eigenvalue weighted by Crippen LogP contribution is 2.23. The lowest BCUT2D eigenvalue weighted by molar-refractivity contribution is -0.140. The van der Waals surface area contributed by atoms with Crippen molar-refractivity contribution in [2.45, 2.75) is 65.9 Å². The molecule has 0 aromatic heterocycles. The van der Waals surface area contributed by atoms with Crippen LogP contribution in [0.15, 0.2) is 24.3 Å². The first-order chi connectivity index (χ1) is 13.9. The second-order valence-corrected chi connectivity index (χ2v) is 8.86. The third kappa shape index (κ3) is 7.63. The predicted octanol–water partition coefficient (Wildman–Crippen LogP) is 4.97. The molecule has 0 unspecified atom stereocenters. The predicted molar refractivity (Wildman–Crippen MR) is 120 cm³/mol. The lowest BCUT2D eigenvalue weighted by Crippen LogP contribution is -2.43. The maximum atomic E-state index is 12.7. The monoisotopic (exact) mass is 404 g/mol. The maximum Gasteiger partial charge on any atom is 0.256 e. The largest absolute Gasteiger partial charge is 0.492 e. The highest BCUT2D eigenvalue weighted by atomic mass is 16.5. The van der Waals surface area contributed by atoms with Crippen LogP contribution in [0.1, 0.15) is 60.3 Å². The van der Waals surface area contributed by atoms with Crippen molar-refractivity contribution in [3.63, 3.8) is 0 Å². The molecule has 5 heteroatoms. The minimum absolute atomic E-state index is 0.0881. The minimum Gasteiger partial charge on any atom is -0.492 e. The van der Waals surface area contributed by atoms with Crippen LogP contribution >= 0.6 is 0 Å². The molecule has 0 spiro atoms. The van der Waals surface area contributed by atoms with Gasteiger partial charge >= 0.3 is 0 Å². The Morgan fingerprint density at radius 1 is 1.10 bits per heavy atom. The molecule has 2 rings (SSSR count). The number of benzene rings is 1. The molecular weight excluding hydrogens is 364 g/mol. The fourth-order valence-corrected chi connectivity index (χ4v) is 4.22. The molecule has 1 amide bonds. The average Bonchev–Trinajstić information content (AvgIpc) is 2.67. The van der Waals surface area contributed by atoms with Gasteiger partial charge in [0.15, 0.2) is 0 Å². The lowest BCUT2D eigenvalue weighted by atomic mass is 9.92. The van der Waals surface area contributed by atoms with E-state index in [2.05, 4.69) is 37.9 Å². The van der Waals surface area contributed by atoms with Crippen LogP contribution in [0, 0.1) is 11.8 Å². The van der Waals surface area contributed by atoms with Crippen molar-refractivity contribution >= 4 is 11.6 Å². The Hall–Kier alpha value is -1.59. The Bertz CT molecular complexity index is 609. The second kappa shape index (κ2) is 11.6. The normalized spacial score (nSPS) is 22.1. The van der Waals surface area contributed by atoms with Gasteiger partial charge in [0.05, 0.1) is 0 Å². The Morgan fingerprint density at radius 2 is 1.76 bits per heavy atom. The molecule has 1 fully saturated rings. The van der Waals surface area contributed by atoms with Gasteiger partial charge < -0.3 is 14.8 Å². The number of hydrogen-bond donors (Lipinski definition) is 1. The molecule has 3 atom stereocenters. The Labute approximate surface area is 177 Å². The smallest absolute Gasteiger partial charge is 0.256 e. The number of carbonyl (C=O) groups is 1. The van der Waals surface area contributed by atoms with Gasteiger partial charge in [0.25, 0.3) is 5.91 Å². The van der Waals surface area contributed by atoms with E-state index in [1.165, 1.54) is 6.42 Å². The third-order valence-electron chi connectivity index (χ3n) is 5.57. The standard InChI is InChI=1S/C24H40N2O3/c1-6-12-24(5,29-14-7-2)23(27)25-21-8-10-22(11-9-21)28-15-13-26-17-19(3)16-20(4)18-26/h8-11,19-20H,6-7,12-18H2,1-5H3,(H,25,27)/t19-,20+,24-/m0/s1. The topological polar surface area (TPSA) is 50.8 Å². The van der Waals surface area contributed by atoms with E-state index < -0.39 is 5.60 Å². The summed E-state index contributed by atoms with van der Waals surface area (Å²) in [4.78, 5) is 15.2. The van der Waals surface area contributed by atoms with E-state index in [0.717, 1.165) is 55.7 Å². The van der Waals surface area contributed by atoms with E-state index in [-0.39, 0.29) is 5.91 Å². The molecule has 1 aromatic rings. The quantitative estimate of drug-likeness (QED) is 0.566. The SMILES string of the molecule is CCCO[C@@](C)(CCC)C(=O)Nc1ccc(OCCN2C[C@H](C)C[C@H](C)C2)cc1. The van der Waals surface area contributed by atoms with Crippen molar-refractivity contribution in [3.05, 3.63) is 24.3 Å². The number of rotatable bonds is 11. The van der Waals surface area contributed by atoms with E-state index in [4.69, 9.17) is 9.47 Å². The number of likely N-dealkylation sites (tertiary alicyclic amines) is 1. The molecule has 1 saturated heterocycles. The number of anilines is 1. The summed E-state index contributed by atoms with van der Waals surface area (Å²) in [6.07, 6.45) is 3.82. The summed E-state index contributed by atoms with van der Waals surface area (Å²) in [6, 6.07) is 7.62. The fraction of sp³-hybridized carbons (Fsp3) is 0.708. The highest BCUT2D eigenvalue weighted by Gasteiger charge is 2.33. The van der Waals surface area contributed by atoms with Crippen molar-refractivity contribution in [1.82, 2.24) is 4.90 Å². The number of carbonyl (C=O) groups excluding carboxylic acids is 1. The van der Waals surface area contributed by atoms with E-state index >= 15 is 0 Å². The van der Waals surface area contributed by atoms with E-state index in [1.807, 2.05) is 31.2 Å². The first kappa shape index (κ1) is 23.7. The summed E-state index contributed by atoms with van der Waals surface area (Å²) in [5.41, 5.74) is -0.0220. The van der Waals surface area contributed by atoms with Gasteiger partial charge in [-0.05, 0) is 62.3 Å². The first-order valence-corrected chi connectivity index (χ1v) is 11.3. The van der Waals surface area contributed by atoms with Crippen molar-refractivity contribution in [1.29, 1.82) is 0 Å². The molecule has 164 valence electrons. The zero-order chi connectivity index (χ0) is 21.3. The first-order valence-electron chi connectivity index (χ1n) is 11.3. The van der Waals surface area contributed by atoms with Crippen LogP contribution in [0.25, 0.3) is 0 Å². The number of hydrogen-bond acceptors (Lipinski definition) is 4. The Balaban J connectivity index is 1.82. The van der Waals surface area contributed by atoms with Crippen molar-refractivity contribution in [2.24, 2.45) is 11.8 Å². The van der Waals surface area contributed by atoms with Gasteiger partial charge in [-0.3, -0.25) is 9.69 Å². The highest BCUT2D eigenvalue weighted by molar-refractivity contribution is 5.97. The van der Waals surface area contributed by atoms with Crippen molar-refractivity contribution in [3.8, 4) is 5.75 Å². The zero-order valence-electron chi connectivity index (χ0n) is 19.0. The molecule has 1 N–H and O–H groups in total. The Morgan fingerprint density at radius 3 is 2.34 bits per heavy atom. The van der Waals surface area contributed by atoms with Gasteiger partial charge in [-0.25, -0.2) is 0 Å². The molecule has 1 aromatic carbocycles. The lowest BCUT2D eigenvalue weighted by Gasteiger charge is -2.34. The van der Waals surface area contributed by atoms with Gasteiger partial charge in [-0.1, -0.05) is 34.1 Å². The fourth-order valence-electron chi connectivity index (χ4n) is 4.22. The number of piperidine rings is 1. The van der Waals surface area contributed by atoms with Gasteiger partial charge in [0, 0.05) is 31.9 Å². The maximum absolute atomic E-state index is 12.7. The summed E-state index contributed by atoms with van der Waals surface area (Å²) >= 11 is 0. The van der Waals surface area contributed by atoms with E-state index in [1.54, 1.807) is 0 Å². The zero-order valence-corrected chi connectivity index (χ0v) is 19.0. The Kier molecular flexibility index (Phi) is 9.44. The summed E-state index contributed by atoms with van der Waals surface area (Å²) in [5.74, 6) is 2.28. The van der Waals surface area contributed by atoms with Crippen LogP contribution in [0.2, 0.25) is 0 Å². The average molecular weight is 405 g/mol. The summed E-state index contributed by atoms with van der Waals surface area (Å²) < 4.78 is 11.8. The summed E-state index contributed by atoms with van der Waals surface area (Å²) in [7, 11) is 0. The van der Waals surface area contributed by atoms with Crippen LogP contribution in [0.3, 0.4) is 0 Å². The molecule has 0 aliphatic carbocycles. The van der Waals surface area contributed by atoms with Gasteiger partial charge in [0.2, 0.25) is 0 Å². The van der Waals surface area contributed by atoms with E-state index in [9.17, 15) is 4.79 Å². The van der Waals surface area contributed by atoms with Crippen LogP contribution in [0.4, 0.5) is 5.69 Å². The molecule has 0 bridgehead atoms. The van der Waals surface area contributed by atoms with Crippen molar-refractivity contribution < 1.29 is 14.3 Å². The summed E-state index contributed by atoms with van der Waals surface area (Å²) in [5, 5.41) is 2.99. The molecule has 1 aliphatic heterocycles. The molecule has 1 heterocycles. The number of amides is 1. The van der Waals surface area contributed by atoms with Crippen LogP contribution in [0.5, 0.6) is 5.75 Å². The second-order valence-electron chi connectivity index (χ2n) is 8.86. The third-order valence-corrected chi connectivity index (χ3v) is 5.57. The molecular formula is C24H40N2O3. The minimum atomic E-state index is -0.789. The number of nitrogens with zero attached hydrogens (tertiary/aromatic N) is 1. The van der Waals surface area contributed by atoms with Crippen LogP contribution in [-0.2, 0) is 9.53 Å². The van der Waals surface area contributed by atoms with Gasteiger partial charge in [0.1, 0.15) is 18.0 Å². The van der Waals surface area contributed by atoms with E-state index in [0.29, 0.717) is 19.6 Å². The van der Waals surface area contributed by atoms with Crippen LogP contribution < -0.4 is 10.1 Å². The number of nitrogens with one attached hydrogen (secondary N) is 1. The van der Waals surface area contributed by atoms with Crippen molar-refractivity contribution in [2.75, 3.05) is 38.2 Å². The van der Waals surface area contributed by atoms with Gasteiger partial charge in [-0.2, -0.15) is 0 Å². The molecule has 29 heavy (non-hydrogen) atoms. The van der Waals surface area contributed by atoms with Gasteiger partial charge in [-0.15, -0.1) is 0 Å². The molecule has 1 aliphatic rings. The molecule has 0 radical (unpaired) electrons. The molecule has 5 nitrogen and oxygen atoms in total. The summed E-state index contributed by atoms with van der Waals surface area (Å²) in [6.45, 7) is 15.2. The molecule has 0 saturated carbocycles. The number of ether oxygens (including phenoxy) is 2.